The molecule has 2 rings (SSSR count). The lowest BCUT2D eigenvalue weighted by Crippen LogP contribution is -2.34. The highest BCUT2D eigenvalue weighted by Gasteiger charge is 2.20. The monoisotopic (exact) mass is 311 g/mol. The highest BCUT2D eigenvalue weighted by atomic mass is 16.6. The maximum atomic E-state index is 11.2. The molecule has 0 bridgehead atoms. The molecule has 0 aliphatic carbocycles. The molecular formula is C13H17N3O6. The van der Waals surface area contributed by atoms with Gasteiger partial charge in [-0.1, -0.05) is 0 Å². The van der Waals surface area contributed by atoms with Crippen LogP contribution in [0.3, 0.4) is 0 Å². The van der Waals surface area contributed by atoms with Crippen LogP contribution in [0.1, 0.15) is 0 Å². The van der Waals surface area contributed by atoms with Gasteiger partial charge in [-0.15, -0.1) is 0 Å². The lowest BCUT2D eigenvalue weighted by molar-refractivity contribution is -0.383. The van der Waals surface area contributed by atoms with E-state index in [-0.39, 0.29) is 17.5 Å². The predicted octanol–water partition coefficient (Wildman–Crippen LogP) is 1.54. The van der Waals surface area contributed by atoms with Crippen molar-refractivity contribution in [1.82, 2.24) is 0 Å². The molecule has 1 amide bonds. The third-order valence-electron chi connectivity index (χ3n) is 3.26. The maximum absolute atomic E-state index is 11.2. The first kappa shape index (κ1) is 16.0. The van der Waals surface area contributed by atoms with Crippen LogP contribution in [0.2, 0.25) is 0 Å². The van der Waals surface area contributed by atoms with Gasteiger partial charge in [0.05, 0.1) is 36.5 Å². The van der Waals surface area contributed by atoms with Crippen molar-refractivity contribution in [3.8, 4) is 0 Å². The van der Waals surface area contributed by atoms with Crippen molar-refractivity contribution in [3.63, 3.8) is 0 Å². The van der Waals surface area contributed by atoms with E-state index < -0.39 is 11.0 Å². The normalized spacial score (nSPS) is 17.8. The third-order valence-corrected chi connectivity index (χ3v) is 3.26. The van der Waals surface area contributed by atoms with E-state index in [9.17, 15) is 14.9 Å². The fourth-order valence-electron chi connectivity index (χ4n) is 2.02. The third kappa shape index (κ3) is 3.83. The maximum Gasteiger partial charge on any atom is 0.411 e. The largest absolute Gasteiger partial charge is 0.465 e. The number of carboxylic acid groups (broad SMARTS) is 1. The standard InChI is InChI=1S/C13H17N3O6/c1-15(13(17)18)9-2-3-11(12(6-9)16(19)20)14-7-10-8-21-4-5-22-10/h2-3,6,10,14H,4-5,7-8H2,1H3,(H,17,18). The Morgan fingerprint density at radius 3 is 2.91 bits per heavy atom. The highest BCUT2D eigenvalue weighted by Crippen LogP contribution is 2.29. The molecule has 1 aromatic carbocycles. The highest BCUT2D eigenvalue weighted by molar-refractivity contribution is 5.86. The first-order valence-corrected chi connectivity index (χ1v) is 6.67. The summed E-state index contributed by atoms with van der Waals surface area (Å²) in [6.07, 6.45) is -1.36. The van der Waals surface area contributed by atoms with Gasteiger partial charge in [-0.2, -0.15) is 0 Å². The molecule has 9 heteroatoms. The molecule has 120 valence electrons. The van der Waals surface area contributed by atoms with E-state index in [4.69, 9.17) is 14.6 Å². The van der Waals surface area contributed by atoms with Gasteiger partial charge in [0.15, 0.2) is 0 Å². The number of carbonyl (C=O) groups is 1. The number of nitro groups is 1. The van der Waals surface area contributed by atoms with E-state index in [1.54, 1.807) is 0 Å². The number of amides is 1. The van der Waals surface area contributed by atoms with Gasteiger partial charge in [-0.05, 0) is 12.1 Å². The topological polar surface area (TPSA) is 114 Å². The lowest BCUT2D eigenvalue weighted by Gasteiger charge is -2.23. The minimum absolute atomic E-state index is 0.172. The Morgan fingerprint density at radius 1 is 1.55 bits per heavy atom. The molecule has 1 unspecified atom stereocenters. The summed E-state index contributed by atoms with van der Waals surface area (Å²) in [5, 5.41) is 23.0. The molecule has 0 aromatic heterocycles. The van der Waals surface area contributed by atoms with Crippen LogP contribution in [0.15, 0.2) is 18.2 Å². The molecule has 0 saturated carbocycles. The van der Waals surface area contributed by atoms with Crippen molar-refractivity contribution in [3.05, 3.63) is 28.3 Å². The number of anilines is 2. The second-order valence-corrected chi connectivity index (χ2v) is 4.75. The number of hydrogen-bond acceptors (Lipinski definition) is 6. The SMILES string of the molecule is CN(C(=O)O)c1ccc(NCC2COCCO2)c([N+](=O)[O-])c1. The van der Waals surface area contributed by atoms with Crippen LogP contribution in [0, 0.1) is 10.1 Å². The van der Waals surface area contributed by atoms with Crippen LogP contribution in [0.5, 0.6) is 0 Å². The molecule has 0 spiro atoms. The van der Waals surface area contributed by atoms with Crippen molar-refractivity contribution in [1.29, 1.82) is 0 Å². The van der Waals surface area contributed by atoms with Crippen molar-refractivity contribution >= 4 is 23.2 Å². The molecule has 0 radical (unpaired) electrons. The number of ether oxygens (including phenoxy) is 2. The Bertz CT molecular complexity index is 559. The smallest absolute Gasteiger partial charge is 0.411 e. The van der Waals surface area contributed by atoms with Gasteiger partial charge >= 0.3 is 6.09 Å². The van der Waals surface area contributed by atoms with Crippen LogP contribution >= 0.6 is 0 Å². The van der Waals surface area contributed by atoms with Gasteiger partial charge < -0.3 is 19.9 Å². The van der Waals surface area contributed by atoms with Crippen LogP contribution in [0.25, 0.3) is 0 Å². The van der Waals surface area contributed by atoms with E-state index >= 15 is 0 Å². The summed E-state index contributed by atoms with van der Waals surface area (Å²) >= 11 is 0. The first-order valence-electron chi connectivity index (χ1n) is 6.67. The second kappa shape index (κ2) is 7.05. The quantitative estimate of drug-likeness (QED) is 0.626. The minimum atomic E-state index is -1.19. The van der Waals surface area contributed by atoms with Crippen LogP contribution in [-0.4, -0.2) is 55.6 Å². The Kier molecular flexibility index (Phi) is 5.12. The number of nitrogens with one attached hydrogen (secondary N) is 1. The molecule has 9 nitrogen and oxygen atoms in total. The summed E-state index contributed by atoms with van der Waals surface area (Å²) in [6, 6.07) is 4.20. The number of hydrogen-bond donors (Lipinski definition) is 2. The van der Waals surface area contributed by atoms with Crippen molar-refractivity contribution in [2.75, 3.05) is 43.6 Å². The Hall–Kier alpha value is -2.39. The van der Waals surface area contributed by atoms with Crippen LogP contribution < -0.4 is 10.2 Å². The van der Waals surface area contributed by atoms with E-state index in [2.05, 4.69) is 5.32 Å². The van der Waals surface area contributed by atoms with Crippen molar-refractivity contribution in [2.24, 2.45) is 0 Å². The molecule has 1 aliphatic heterocycles. The summed E-state index contributed by atoms with van der Waals surface area (Å²) in [7, 11) is 1.32. The lowest BCUT2D eigenvalue weighted by atomic mass is 10.2. The van der Waals surface area contributed by atoms with E-state index in [0.29, 0.717) is 32.1 Å². The average Bonchev–Trinajstić information content (AvgIpc) is 2.52. The zero-order chi connectivity index (χ0) is 16.1. The van der Waals surface area contributed by atoms with Gasteiger partial charge in [0.25, 0.3) is 5.69 Å². The summed E-state index contributed by atoms with van der Waals surface area (Å²) in [5.41, 5.74) is 0.339. The van der Waals surface area contributed by atoms with Gasteiger partial charge in [-0.25, -0.2) is 4.79 Å². The summed E-state index contributed by atoms with van der Waals surface area (Å²) < 4.78 is 10.7. The second-order valence-electron chi connectivity index (χ2n) is 4.75. The number of benzene rings is 1. The fraction of sp³-hybridized carbons (Fsp3) is 0.462. The number of rotatable bonds is 5. The number of nitrogens with zero attached hydrogens (tertiary/aromatic N) is 2. The molecule has 1 fully saturated rings. The Morgan fingerprint density at radius 2 is 2.32 bits per heavy atom. The number of nitro benzene ring substituents is 1. The zero-order valence-corrected chi connectivity index (χ0v) is 12.0. The van der Waals surface area contributed by atoms with E-state index in [1.807, 2.05) is 0 Å². The molecule has 1 aromatic rings. The Balaban J connectivity index is 2.12. The predicted molar refractivity (Wildman–Crippen MR) is 78.6 cm³/mol. The van der Waals surface area contributed by atoms with E-state index in [0.717, 1.165) is 4.90 Å². The van der Waals surface area contributed by atoms with Crippen LogP contribution in [-0.2, 0) is 9.47 Å². The van der Waals surface area contributed by atoms with Crippen molar-refractivity contribution < 1.29 is 24.3 Å². The summed E-state index contributed by atoms with van der Waals surface area (Å²) in [6.45, 7) is 1.85. The molecule has 1 heterocycles. The van der Waals surface area contributed by atoms with Gasteiger partial charge in [-0.3, -0.25) is 15.0 Å². The van der Waals surface area contributed by atoms with Gasteiger partial charge in [0, 0.05) is 19.7 Å². The fourth-order valence-corrected chi connectivity index (χ4v) is 2.02. The minimum Gasteiger partial charge on any atom is -0.465 e. The molecular weight excluding hydrogens is 294 g/mol. The van der Waals surface area contributed by atoms with Gasteiger partial charge in [0.2, 0.25) is 0 Å². The summed E-state index contributed by atoms with van der Waals surface area (Å²) in [5.74, 6) is 0. The van der Waals surface area contributed by atoms with Gasteiger partial charge in [0.1, 0.15) is 5.69 Å². The average molecular weight is 311 g/mol. The first-order chi connectivity index (χ1) is 10.5. The zero-order valence-electron chi connectivity index (χ0n) is 12.0. The molecule has 2 N–H and O–H groups in total. The molecule has 1 atom stereocenters. The molecule has 1 saturated heterocycles. The summed E-state index contributed by atoms with van der Waals surface area (Å²) in [4.78, 5) is 22.4. The van der Waals surface area contributed by atoms with E-state index in [1.165, 1.54) is 25.2 Å². The van der Waals surface area contributed by atoms with Crippen LogP contribution in [0.4, 0.5) is 21.9 Å². The Labute approximate surface area is 126 Å². The molecule has 22 heavy (non-hydrogen) atoms. The van der Waals surface area contributed by atoms with Crippen molar-refractivity contribution in [2.45, 2.75) is 6.10 Å². The molecule has 1 aliphatic rings.